The van der Waals surface area contributed by atoms with Gasteiger partial charge in [0, 0.05) is 45.7 Å². The molecule has 12 rings (SSSR count). The summed E-state index contributed by atoms with van der Waals surface area (Å²) in [6.45, 7) is 0. The molecule has 0 spiro atoms. The number of rotatable bonds is 3. The average Bonchev–Trinajstić information content (AvgIpc) is 3.79. The molecule has 0 aliphatic rings. The molecule has 0 N–H and O–H groups in total. The van der Waals surface area contributed by atoms with E-state index in [4.69, 9.17) is 0 Å². The molecule has 0 nitrogen and oxygen atoms in total. The normalized spacial score (nSPS) is 12.1. The van der Waals surface area contributed by atoms with Crippen LogP contribution in [-0.2, 0) is 0 Å². The van der Waals surface area contributed by atoms with Crippen LogP contribution in [0.5, 0.6) is 0 Å². The summed E-state index contributed by atoms with van der Waals surface area (Å²) in [7, 11) is 0. The van der Waals surface area contributed by atoms with Gasteiger partial charge in [0.2, 0.25) is 0 Å². The van der Waals surface area contributed by atoms with Crippen molar-refractivity contribution in [2.24, 2.45) is 0 Å². The molecule has 0 atom stereocenters. The maximum atomic E-state index is 2.45. The number of hydrogen-bond donors (Lipinski definition) is 0. The molecular formula is C52H30S2. The van der Waals surface area contributed by atoms with Crippen LogP contribution in [0.3, 0.4) is 0 Å². The minimum atomic E-state index is 1.23. The lowest BCUT2D eigenvalue weighted by atomic mass is 9.85. The van der Waals surface area contributed by atoms with Gasteiger partial charge in [-0.3, -0.25) is 0 Å². The Kier molecular flexibility index (Phi) is 6.48. The van der Waals surface area contributed by atoms with Crippen molar-refractivity contribution in [1.82, 2.24) is 0 Å². The summed E-state index contributed by atoms with van der Waals surface area (Å²) in [5.41, 5.74) is 7.53. The average molecular weight is 719 g/mol. The largest absolute Gasteiger partial charge is 0.135 e. The van der Waals surface area contributed by atoms with Crippen LogP contribution in [0.4, 0.5) is 0 Å². The summed E-state index contributed by atoms with van der Waals surface area (Å²) in [6.07, 6.45) is 0. The zero-order valence-electron chi connectivity index (χ0n) is 29.1. The van der Waals surface area contributed by atoms with Gasteiger partial charge in [-0.2, -0.15) is 0 Å². The van der Waals surface area contributed by atoms with Gasteiger partial charge in [-0.1, -0.05) is 140 Å². The van der Waals surface area contributed by atoms with Crippen LogP contribution < -0.4 is 0 Å². The molecule has 0 aliphatic carbocycles. The quantitative estimate of drug-likeness (QED) is 0.160. The molecular weight excluding hydrogens is 689 g/mol. The summed E-state index contributed by atoms with van der Waals surface area (Å²) >= 11 is 3.82. The monoisotopic (exact) mass is 718 g/mol. The Balaban J connectivity index is 1.06. The van der Waals surface area contributed by atoms with Crippen molar-refractivity contribution in [3.8, 4) is 33.4 Å². The van der Waals surface area contributed by atoms with Gasteiger partial charge in [-0.05, 0) is 114 Å². The number of fused-ring (bicyclic) bond motifs is 11. The molecule has 2 heterocycles. The van der Waals surface area contributed by atoms with Gasteiger partial charge in [-0.25, -0.2) is 0 Å². The van der Waals surface area contributed by atoms with Gasteiger partial charge in [0.15, 0.2) is 0 Å². The predicted molar refractivity (Wildman–Crippen MR) is 239 cm³/mol. The standard InChI is InChI=1S/C52H30S2/c1-2-11-32-26-34(21-20-31(32)10-1)33-12-9-13-36(27-33)50-39-15-3-5-17-41(39)51(42-18-6-4-16-40(42)50)37-23-25-48-45(29-37)46-28-35-22-24-43-38-14-7-8-19-47(38)54-52(43)44(35)30-49(46)53-48/h1-30H. The van der Waals surface area contributed by atoms with E-state index >= 15 is 0 Å². The van der Waals surface area contributed by atoms with Gasteiger partial charge in [0.25, 0.3) is 0 Å². The lowest BCUT2D eigenvalue weighted by Gasteiger charge is -2.18. The summed E-state index contributed by atoms with van der Waals surface area (Å²) in [6, 6.07) is 67.9. The van der Waals surface area contributed by atoms with E-state index in [9.17, 15) is 0 Å². The molecule has 2 aromatic heterocycles. The van der Waals surface area contributed by atoms with Crippen LogP contribution in [-0.4, -0.2) is 0 Å². The van der Waals surface area contributed by atoms with Crippen LogP contribution >= 0.6 is 22.7 Å². The first kappa shape index (κ1) is 30.2. The van der Waals surface area contributed by atoms with Crippen LogP contribution in [0.2, 0.25) is 0 Å². The van der Waals surface area contributed by atoms with Crippen molar-refractivity contribution in [1.29, 1.82) is 0 Å². The zero-order valence-corrected chi connectivity index (χ0v) is 30.8. The van der Waals surface area contributed by atoms with E-state index in [1.807, 2.05) is 22.7 Å². The first-order valence-electron chi connectivity index (χ1n) is 18.5. The van der Waals surface area contributed by atoms with E-state index < -0.39 is 0 Å². The van der Waals surface area contributed by atoms with Gasteiger partial charge in [0.05, 0.1) is 0 Å². The Morgan fingerprint density at radius 1 is 0.241 bits per heavy atom. The fraction of sp³-hybridized carbons (Fsp3) is 0. The molecule has 0 bridgehead atoms. The third kappa shape index (κ3) is 4.48. The van der Waals surface area contributed by atoms with E-state index in [2.05, 4.69) is 182 Å². The molecule has 0 saturated carbocycles. The van der Waals surface area contributed by atoms with Gasteiger partial charge in [-0.15, -0.1) is 22.7 Å². The van der Waals surface area contributed by atoms with E-state index in [1.54, 1.807) is 0 Å². The first-order valence-corrected chi connectivity index (χ1v) is 20.1. The molecule has 54 heavy (non-hydrogen) atoms. The van der Waals surface area contributed by atoms with Crippen molar-refractivity contribution >= 4 is 106 Å². The molecule has 250 valence electrons. The fourth-order valence-electron chi connectivity index (χ4n) is 8.91. The van der Waals surface area contributed by atoms with Crippen molar-refractivity contribution in [3.05, 3.63) is 182 Å². The van der Waals surface area contributed by atoms with Crippen molar-refractivity contribution < 1.29 is 0 Å². The van der Waals surface area contributed by atoms with Crippen LogP contribution in [0.1, 0.15) is 0 Å². The molecule has 0 aliphatic heterocycles. The van der Waals surface area contributed by atoms with E-state index in [0.29, 0.717) is 0 Å². The fourth-order valence-corrected chi connectivity index (χ4v) is 11.2. The maximum absolute atomic E-state index is 2.45. The molecule has 0 unspecified atom stereocenters. The van der Waals surface area contributed by atoms with Crippen LogP contribution in [0, 0.1) is 0 Å². The lowest BCUT2D eigenvalue weighted by molar-refractivity contribution is 1.63. The van der Waals surface area contributed by atoms with Gasteiger partial charge < -0.3 is 0 Å². The highest BCUT2D eigenvalue weighted by Gasteiger charge is 2.19. The Hall–Kier alpha value is -6.32. The van der Waals surface area contributed by atoms with Crippen molar-refractivity contribution in [3.63, 3.8) is 0 Å². The Labute approximate surface area is 319 Å². The third-order valence-electron chi connectivity index (χ3n) is 11.4. The topological polar surface area (TPSA) is 0 Å². The molecule has 10 aromatic carbocycles. The second-order valence-corrected chi connectivity index (χ2v) is 16.5. The van der Waals surface area contributed by atoms with Crippen LogP contribution in [0.25, 0.3) is 117 Å². The number of hydrogen-bond acceptors (Lipinski definition) is 2. The molecule has 2 heteroatoms. The predicted octanol–water partition coefficient (Wildman–Crippen LogP) is 16.0. The van der Waals surface area contributed by atoms with Crippen molar-refractivity contribution in [2.45, 2.75) is 0 Å². The van der Waals surface area contributed by atoms with Gasteiger partial charge >= 0.3 is 0 Å². The highest BCUT2D eigenvalue weighted by Crippen LogP contribution is 2.47. The summed E-state index contributed by atoms with van der Waals surface area (Å²) in [5.74, 6) is 0. The second-order valence-electron chi connectivity index (χ2n) is 14.4. The Morgan fingerprint density at radius 3 is 1.59 bits per heavy atom. The third-order valence-corrected chi connectivity index (χ3v) is 13.8. The minimum absolute atomic E-state index is 1.23. The highest BCUT2D eigenvalue weighted by molar-refractivity contribution is 7.27. The first-order chi connectivity index (χ1) is 26.7. The smallest absolute Gasteiger partial charge is 0.0434 e. The molecule has 0 saturated heterocycles. The molecule has 12 aromatic rings. The molecule has 0 radical (unpaired) electrons. The molecule has 0 fully saturated rings. The second kappa shape index (κ2) is 11.6. The highest BCUT2D eigenvalue weighted by atomic mass is 32.1. The molecule has 0 amide bonds. The Bertz CT molecular complexity index is 3450. The van der Waals surface area contributed by atoms with E-state index in [1.165, 1.54) is 117 Å². The summed E-state index contributed by atoms with van der Waals surface area (Å²) in [4.78, 5) is 0. The number of thiophene rings is 2. The van der Waals surface area contributed by atoms with Gasteiger partial charge in [0.1, 0.15) is 0 Å². The minimum Gasteiger partial charge on any atom is -0.135 e. The summed E-state index contributed by atoms with van der Waals surface area (Å²) in [5, 5.41) is 15.6. The van der Waals surface area contributed by atoms with E-state index in [0.717, 1.165) is 0 Å². The SMILES string of the molecule is c1cc(-c2ccc3ccccc3c2)cc(-c2c3ccccc3c(-c3ccc4sc5cc6c(ccc7c8ccccc8sc67)cc5c4c3)c3ccccc23)c1. The summed E-state index contributed by atoms with van der Waals surface area (Å²) < 4.78 is 5.40. The Morgan fingerprint density at radius 2 is 0.815 bits per heavy atom. The van der Waals surface area contributed by atoms with Crippen LogP contribution in [0.15, 0.2) is 182 Å². The zero-order chi connectivity index (χ0) is 35.3. The maximum Gasteiger partial charge on any atom is 0.0434 e. The number of benzene rings is 10. The lowest BCUT2D eigenvalue weighted by Crippen LogP contribution is -1.91. The van der Waals surface area contributed by atoms with Crippen molar-refractivity contribution in [2.75, 3.05) is 0 Å². The van der Waals surface area contributed by atoms with E-state index in [-0.39, 0.29) is 0 Å².